The van der Waals surface area contributed by atoms with Gasteiger partial charge in [0.05, 0.1) is 19.5 Å². The zero-order chi connectivity index (χ0) is 25.8. The van der Waals surface area contributed by atoms with Crippen LogP contribution in [0, 0.1) is 0 Å². The number of benzene rings is 1. The maximum atomic E-state index is 13.4. The molecule has 0 radical (unpaired) electrons. The first-order valence-corrected chi connectivity index (χ1v) is 12.0. The number of piperazine rings is 1. The van der Waals surface area contributed by atoms with Gasteiger partial charge < -0.3 is 20.2 Å². The summed E-state index contributed by atoms with van der Waals surface area (Å²) in [6.45, 7) is 0.317. The summed E-state index contributed by atoms with van der Waals surface area (Å²) in [5.74, 6) is -2.09. The largest absolute Gasteiger partial charge is 0.481 e. The van der Waals surface area contributed by atoms with Crippen LogP contribution in [0.3, 0.4) is 0 Å². The number of fused-ring (bicyclic) bond motifs is 1. The number of carbonyl (C=O) groups excluding carboxylic acids is 3. The van der Waals surface area contributed by atoms with E-state index in [1.54, 1.807) is 19.2 Å². The molecule has 4 amide bonds. The third kappa shape index (κ3) is 5.60. The van der Waals surface area contributed by atoms with Crippen molar-refractivity contribution < 1.29 is 24.3 Å². The predicted octanol–water partition coefficient (Wildman–Crippen LogP) is 1.91. The fourth-order valence-electron chi connectivity index (χ4n) is 4.68. The molecule has 3 aliphatic rings. The molecule has 1 aromatic carbocycles. The van der Waals surface area contributed by atoms with Gasteiger partial charge in [-0.3, -0.25) is 14.4 Å². The molecule has 2 atom stereocenters. The molecule has 0 unspecified atom stereocenters. The Morgan fingerprint density at radius 3 is 2.67 bits per heavy atom. The van der Waals surface area contributed by atoms with E-state index < -0.39 is 42.4 Å². The third-order valence-corrected chi connectivity index (χ3v) is 6.53. The number of nitrogens with zero attached hydrogens (tertiary/aromatic N) is 4. The van der Waals surface area contributed by atoms with Gasteiger partial charge in [-0.05, 0) is 29.7 Å². The van der Waals surface area contributed by atoms with Crippen molar-refractivity contribution in [3.63, 3.8) is 0 Å². The van der Waals surface area contributed by atoms with E-state index in [1.807, 2.05) is 42.5 Å². The van der Waals surface area contributed by atoms with Crippen LogP contribution < -0.4 is 5.32 Å². The number of nitrogens with one attached hydrogen (secondary N) is 1. The van der Waals surface area contributed by atoms with E-state index in [-0.39, 0.29) is 26.2 Å². The molecule has 36 heavy (non-hydrogen) atoms. The molecule has 0 aromatic heterocycles. The van der Waals surface area contributed by atoms with E-state index in [0.29, 0.717) is 11.5 Å². The van der Waals surface area contributed by atoms with Gasteiger partial charge in [-0.1, -0.05) is 54.1 Å². The summed E-state index contributed by atoms with van der Waals surface area (Å²) in [5, 5.41) is 15.8. The number of carboxylic acids is 1. The molecular weight excluding hydrogens is 486 g/mol. The molecule has 0 bridgehead atoms. The molecule has 1 aliphatic carbocycles. The molecule has 2 heterocycles. The van der Waals surface area contributed by atoms with Gasteiger partial charge in [0.15, 0.2) is 0 Å². The van der Waals surface area contributed by atoms with Crippen molar-refractivity contribution in [3.05, 3.63) is 70.8 Å². The average molecular weight is 514 g/mol. The van der Waals surface area contributed by atoms with E-state index in [2.05, 4.69) is 5.32 Å². The summed E-state index contributed by atoms with van der Waals surface area (Å²) in [6.07, 6.45) is 6.56. The third-order valence-electron chi connectivity index (χ3n) is 6.29. The van der Waals surface area contributed by atoms with Crippen LogP contribution in [0.5, 0.6) is 0 Å². The SMILES string of the molecule is CN1CC(=O)N2[C@@H](CC(=O)O)C(=O)N(CC3=CCC=CC(Cl)=C3)C[C@@H]2N1C(=O)NCc1ccccc1. The van der Waals surface area contributed by atoms with E-state index in [1.165, 1.54) is 19.8 Å². The van der Waals surface area contributed by atoms with Gasteiger partial charge in [-0.2, -0.15) is 0 Å². The standard InChI is InChI=1S/C25H28ClN5O5/c1-28-16-22(32)30-20(12-23(33)34)24(35)29(14-18-9-5-6-10-19(26)11-18)15-21(30)31(28)25(36)27-13-17-7-3-2-4-8-17/h2-4,6-11,20-21H,5,12-16H2,1H3,(H,27,36)(H,33,34)/t20-,21-/m0/s1. The zero-order valence-corrected chi connectivity index (χ0v) is 20.6. The molecule has 2 aliphatic heterocycles. The lowest BCUT2D eigenvalue weighted by Gasteiger charge is -2.54. The van der Waals surface area contributed by atoms with Gasteiger partial charge >= 0.3 is 12.0 Å². The Kier molecular flexibility index (Phi) is 7.76. The predicted molar refractivity (Wildman–Crippen MR) is 132 cm³/mol. The molecule has 1 aromatic rings. The highest BCUT2D eigenvalue weighted by molar-refractivity contribution is 6.31. The number of hydrazine groups is 1. The van der Waals surface area contributed by atoms with Crippen LogP contribution in [0.25, 0.3) is 0 Å². The average Bonchev–Trinajstić information content (AvgIpc) is 3.04. The Bertz CT molecular complexity index is 1130. The molecular formula is C25H28ClN5O5. The molecule has 11 heteroatoms. The topological polar surface area (TPSA) is 114 Å². The van der Waals surface area contributed by atoms with Crippen LogP contribution in [-0.4, -0.2) is 87.6 Å². The number of amides is 4. The molecule has 0 saturated carbocycles. The van der Waals surface area contributed by atoms with Gasteiger partial charge in [0.25, 0.3) is 0 Å². The van der Waals surface area contributed by atoms with Crippen LogP contribution in [-0.2, 0) is 20.9 Å². The number of hydrogen-bond acceptors (Lipinski definition) is 5. The lowest BCUT2D eigenvalue weighted by molar-refractivity contribution is -0.188. The lowest BCUT2D eigenvalue weighted by Crippen LogP contribution is -2.76. The van der Waals surface area contributed by atoms with Crippen molar-refractivity contribution in [2.24, 2.45) is 0 Å². The number of carboxylic acid groups (broad SMARTS) is 1. The Hall–Kier alpha value is -3.63. The smallest absolute Gasteiger partial charge is 0.334 e. The van der Waals surface area contributed by atoms with E-state index in [9.17, 15) is 24.3 Å². The molecule has 10 nitrogen and oxygen atoms in total. The minimum atomic E-state index is -1.23. The van der Waals surface area contributed by atoms with Crippen molar-refractivity contribution in [1.29, 1.82) is 0 Å². The number of urea groups is 1. The molecule has 190 valence electrons. The zero-order valence-electron chi connectivity index (χ0n) is 19.8. The number of allylic oxidation sites excluding steroid dienone is 4. The van der Waals surface area contributed by atoms with Crippen LogP contribution in [0.2, 0.25) is 0 Å². The highest BCUT2D eigenvalue weighted by Crippen LogP contribution is 2.28. The van der Waals surface area contributed by atoms with Gasteiger partial charge in [0.1, 0.15) is 12.2 Å². The minimum Gasteiger partial charge on any atom is -0.481 e. The maximum absolute atomic E-state index is 13.4. The van der Waals surface area contributed by atoms with Crippen LogP contribution >= 0.6 is 11.6 Å². The van der Waals surface area contributed by atoms with Crippen molar-refractivity contribution in [2.75, 3.05) is 26.7 Å². The minimum absolute atomic E-state index is 0.0278. The van der Waals surface area contributed by atoms with Gasteiger partial charge in [-0.15, -0.1) is 0 Å². The molecule has 0 spiro atoms. The highest BCUT2D eigenvalue weighted by atomic mass is 35.5. The normalized spacial score (nSPS) is 22.6. The number of carbonyl (C=O) groups is 4. The Labute approximate surface area is 214 Å². The molecule has 4 rings (SSSR count). The second kappa shape index (κ2) is 11.0. The summed E-state index contributed by atoms with van der Waals surface area (Å²) in [5.41, 5.74) is 1.69. The summed E-state index contributed by atoms with van der Waals surface area (Å²) >= 11 is 6.20. The second-order valence-electron chi connectivity index (χ2n) is 8.87. The molecule has 2 N–H and O–H groups in total. The van der Waals surface area contributed by atoms with Crippen LogP contribution in [0.1, 0.15) is 18.4 Å². The van der Waals surface area contributed by atoms with E-state index >= 15 is 0 Å². The van der Waals surface area contributed by atoms with E-state index in [4.69, 9.17) is 11.6 Å². The number of halogens is 1. The number of likely N-dealkylation sites (N-methyl/N-ethyl adjacent to an activating group) is 1. The number of rotatable bonds is 6. The monoisotopic (exact) mass is 513 g/mol. The van der Waals surface area contributed by atoms with E-state index in [0.717, 1.165) is 11.1 Å². The van der Waals surface area contributed by atoms with Gasteiger partial charge in [0.2, 0.25) is 11.8 Å². The second-order valence-corrected chi connectivity index (χ2v) is 9.30. The lowest BCUT2D eigenvalue weighted by atomic mass is 10.0. The van der Waals surface area contributed by atoms with Gasteiger partial charge in [-0.25, -0.2) is 14.8 Å². The first-order valence-electron chi connectivity index (χ1n) is 11.6. The van der Waals surface area contributed by atoms with Crippen molar-refractivity contribution in [2.45, 2.75) is 31.6 Å². The van der Waals surface area contributed by atoms with Crippen LogP contribution in [0.15, 0.2) is 65.2 Å². The van der Waals surface area contributed by atoms with Gasteiger partial charge in [0, 0.05) is 25.2 Å². The fraction of sp³-hybridized carbons (Fsp3) is 0.360. The number of aliphatic carboxylic acids is 1. The maximum Gasteiger partial charge on any atom is 0.334 e. The summed E-state index contributed by atoms with van der Waals surface area (Å²) in [4.78, 5) is 54.2. The molecule has 2 saturated heterocycles. The van der Waals surface area contributed by atoms with Crippen molar-refractivity contribution >= 4 is 35.4 Å². The first kappa shape index (κ1) is 25.5. The van der Waals surface area contributed by atoms with Crippen molar-refractivity contribution in [3.8, 4) is 0 Å². The Balaban J connectivity index is 1.61. The quantitative estimate of drug-likeness (QED) is 0.600. The Morgan fingerprint density at radius 2 is 1.94 bits per heavy atom. The van der Waals surface area contributed by atoms with Crippen LogP contribution in [0.4, 0.5) is 4.79 Å². The first-order chi connectivity index (χ1) is 17.2. The number of hydrogen-bond donors (Lipinski definition) is 2. The summed E-state index contributed by atoms with van der Waals surface area (Å²) < 4.78 is 0. The Morgan fingerprint density at radius 1 is 1.19 bits per heavy atom. The fourth-order valence-corrected chi connectivity index (χ4v) is 4.91. The molecule has 2 fully saturated rings. The van der Waals surface area contributed by atoms with Crippen molar-refractivity contribution in [1.82, 2.24) is 25.1 Å². The summed E-state index contributed by atoms with van der Waals surface area (Å²) in [7, 11) is 1.62. The highest BCUT2D eigenvalue weighted by Gasteiger charge is 2.51. The summed E-state index contributed by atoms with van der Waals surface area (Å²) in [6, 6.07) is 7.71.